The van der Waals surface area contributed by atoms with Crippen molar-refractivity contribution in [3.63, 3.8) is 0 Å². The van der Waals surface area contributed by atoms with Crippen LogP contribution in [0.25, 0.3) is 0 Å². The number of benzene rings is 1. The van der Waals surface area contributed by atoms with E-state index in [2.05, 4.69) is 4.98 Å². The standard InChI is InChI=1S/C17H17F3NO6P/c1-24-28(23,25-2)16(14-5-3-4-10-21-14)27-15(22)11-26-13-8-6-12(7-9-13)17(18,19)20/h3-10,16H,11H2,1-2H3. The van der Waals surface area contributed by atoms with Gasteiger partial charge in [-0.15, -0.1) is 0 Å². The first-order valence-corrected chi connectivity index (χ1v) is 9.42. The van der Waals surface area contributed by atoms with Crippen LogP contribution in [0.4, 0.5) is 13.2 Å². The Morgan fingerprint density at radius 3 is 2.25 bits per heavy atom. The maximum absolute atomic E-state index is 12.7. The summed E-state index contributed by atoms with van der Waals surface area (Å²) in [6.07, 6.45) is -3.07. The zero-order valence-electron chi connectivity index (χ0n) is 14.9. The molecular weight excluding hydrogens is 402 g/mol. The first-order valence-electron chi connectivity index (χ1n) is 7.81. The van der Waals surface area contributed by atoms with Crippen LogP contribution in [0.1, 0.15) is 17.1 Å². The van der Waals surface area contributed by atoms with Crippen molar-refractivity contribution in [1.29, 1.82) is 0 Å². The van der Waals surface area contributed by atoms with Crippen LogP contribution in [0, 0.1) is 0 Å². The van der Waals surface area contributed by atoms with Crippen molar-refractivity contribution in [3.8, 4) is 5.75 Å². The molecule has 1 heterocycles. The van der Waals surface area contributed by atoms with Crippen molar-refractivity contribution >= 4 is 13.6 Å². The Balaban J connectivity index is 2.07. The fraction of sp³-hybridized carbons (Fsp3) is 0.294. The maximum atomic E-state index is 12.7. The Kier molecular flexibility index (Phi) is 7.17. The van der Waals surface area contributed by atoms with Gasteiger partial charge in [-0.05, 0) is 36.4 Å². The number of nitrogens with zero attached hydrogens (tertiary/aromatic N) is 1. The molecule has 28 heavy (non-hydrogen) atoms. The average Bonchev–Trinajstić information content (AvgIpc) is 2.70. The molecule has 1 aromatic carbocycles. The molecule has 1 atom stereocenters. The molecule has 11 heteroatoms. The number of hydrogen-bond acceptors (Lipinski definition) is 7. The Morgan fingerprint density at radius 2 is 1.75 bits per heavy atom. The number of carbonyl (C=O) groups is 1. The van der Waals surface area contributed by atoms with Crippen molar-refractivity contribution in [1.82, 2.24) is 4.98 Å². The minimum atomic E-state index is -4.48. The highest BCUT2D eigenvalue weighted by molar-refractivity contribution is 7.54. The first kappa shape index (κ1) is 21.9. The second-order valence-corrected chi connectivity index (χ2v) is 7.59. The van der Waals surface area contributed by atoms with Crippen LogP contribution in [-0.4, -0.2) is 31.8 Å². The summed E-state index contributed by atoms with van der Waals surface area (Å²) in [6, 6.07) is 8.46. The lowest BCUT2D eigenvalue weighted by Crippen LogP contribution is -2.20. The van der Waals surface area contributed by atoms with Crippen molar-refractivity contribution in [2.45, 2.75) is 12.0 Å². The third-order valence-corrected chi connectivity index (χ3v) is 5.48. The Bertz CT molecular complexity index is 821. The number of hydrogen-bond donors (Lipinski definition) is 0. The van der Waals surface area contributed by atoms with E-state index >= 15 is 0 Å². The molecule has 0 bridgehead atoms. The van der Waals surface area contributed by atoms with Gasteiger partial charge in [-0.2, -0.15) is 13.2 Å². The summed E-state index contributed by atoms with van der Waals surface area (Å²) in [4.78, 5) is 16.1. The molecule has 0 N–H and O–H groups in total. The van der Waals surface area contributed by atoms with Gasteiger partial charge in [0.15, 0.2) is 6.61 Å². The van der Waals surface area contributed by atoms with E-state index in [-0.39, 0.29) is 11.4 Å². The lowest BCUT2D eigenvalue weighted by atomic mass is 10.2. The highest BCUT2D eigenvalue weighted by Gasteiger charge is 2.40. The van der Waals surface area contributed by atoms with E-state index in [1.807, 2.05) is 0 Å². The van der Waals surface area contributed by atoms with Gasteiger partial charge in [-0.1, -0.05) is 6.07 Å². The zero-order chi connectivity index (χ0) is 20.8. The van der Waals surface area contributed by atoms with E-state index in [1.54, 1.807) is 12.1 Å². The Morgan fingerprint density at radius 1 is 1.11 bits per heavy atom. The fourth-order valence-electron chi connectivity index (χ4n) is 2.12. The van der Waals surface area contributed by atoms with E-state index in [9.17, 15) is 22.5 Å². The van der Waals surface area contributed by atoms with Gasteiger partial charge in [0.05, 0.1) is 11.3 Å². The minimum absolute atomic E-state index is 0.0287. The molecule has 7 nitrogen and oxygen atoms in total. The second kappa shape index (κ2) is 9.18. The van der Waals surface area contributed by atoms with Crippen LogP contribution in [0.5, 0.6) is 5.75 Å². The lowest BCUT2D eigenvalue weighted by molar-refractivity contribution is -0.149. The van der Waals surface area contributed by atoms with Crippen molar-refractivity contribution in [3.05, 3.63) is 59.9 Å². The lowest BCUT2D eigenvalue weighted by Gasteiger charge is -2.23. The van der Waals surface area contributed by atoms with Gasteiger partial charge >= 0.3 is 19.7 Å². The zero-order valence-corrected chi connectivity index (χ0v) is 15.8. The molecule has 0 aliphatic carbocycles. The topological polar surface area (TPSA) is 84.0 Å². The summed E-state index contributed by atoms with van der Waals surface area (Å²) >= 11 is 0. The predicted octanol–water partition coefficient (Wildman–Crippen LogP) is 4.21. The monoisotopic (exact) mass is 419 g/mol. The number of rotatable bonds is 8. The molecule has 0 aliphatic heterocycles. The van der Waals surface area contributed by atoms with Crippen molar-refractivity contribution < 1.29 is 41.1 Å². The highest BCUT2D eigenvalue weighted by atomic mass is 31.2. The average molecular weight is 419 g/mol. The van der Waals surface area contributed by atoms with Crippen LogP contribution in [-0.2, 0) is 29.3 Å². The molecule has 0 aliphatic rings. The summed E-state index contributed by atoms with van der Waals surface area (Å²) in [6.45, 7) is -0.637. The van der Waals surface area contributed by atoms with Crippen LogP contribution in [0.3, 0.4) is 0 Å². The van der Waals surface area contributed by atoms with E-state index in [0.29, 0.717) is 0 Å². The molecule has 1 aromatic heterocycles. The number of carbonyl (C=O) groups excluding carboxylic acids is 1. The third kappa shape index (κ3) is 5.54. The number of halogens is 3. The number of aromatic nitrogens is 1. The number of alkyl halides is 3. The Hall–Kier alpha value is -2.42. The molecule has 0 amide bonds. The molecule has 1 unspecified atom stereocenters. The second-order valence-electron chi connectivity index (χ2n) is 5.31. The summed E-state index contributed by atoms with van der Waals surface area (Å²) in [5.74, 6) is -2.35. The number of ether oxygens (including phenoxy) is 2. The maximum Gasteiger partial charge on any atom is 0.416 e. The summed E-state index contributed by atoms with van der Waals surface area (Å²) < 4.78 is 70.4. The SMILES string of the molecule is COP(=O)(OC)C(OC(=O)COc1ccc(C(F)(F)F)cc1)c1ccccn1. The molecule has 152 valence electrons. The van der Waals surface area contributed by atoms with Gasteiger partial charge in [0.1, 0.15) is 5.75 Å². The first-order chi connectivity index (χ1) is 13.2. The van der Waals surface area contributed by atoms with E-state index < -0.39 is 37.8 Å². The predicted molar refractivity (Wildman–Crippen MR) is 91.6 cm³/mol. The van der Waals surface area contributed by atoms with E-state index in [4.69, 9.17) is 18.5 Å². The largest absolute Gasteiger partial charge is 0.482 e. The van der Waals surface area contributed by atoms with Gasteiger partial charge < -0.3 is 18.5 Å². The highest BCUT2D eigenvalue weighted by Crippen LogP contribution is 2.60. The van der Waals surface area contributed by atoms with Gasteiger partial charge in [0.2, 0.25) is 5.85 Å². The van der Waals surface area contributed by atoms with Gasteiger partial charge in [0.25, 0.3) is 0 Å². The molecule has 0 saturated heterocycles. The molecule has 0 radical (unpaired) electrons. The summed E-state index contributed by atoms with van der Waals surface area (Å²) in [5, 5.41) is 0. The summed E-state index contributed by atoms with van der Waals surface area (Å²) in [7, 11) is -1.61. The molecule has 0 fully saturated rings. The number of esters is 1. The van der Waals surface area contributed by atoms with Crippen molar-refractivity contribution in [2.75, 3.05) is 20.8 Å². The van der Waals surface area contributed by atoms with Crippen molar-refractivity contribution in [2.24, 2.45) is 0 Å². The quantitative estimate of drug-likeness (QED) is 0.468. The minimum Gasteiger partial charge on any atom is -0.482 e. The number of pyridine rings is 1. The van der Waals surface area contributed by atoms with E-state index in [1.165, 1.54) is 12.3 Å². The third-order valence-electron chi connectivity index (χ3n) is 3.52. The van der Waals surface area contributed by atoms with Crippen LogP contribution < -0.4 is 4.74 Å². The van der Waals surface area contributed by atoms with Crippen LogP contribution in [0.15, 0.2) is 48.7 Å². The molecule has 0 spiro atoms. The fourth-order valence-corrected chi connectivity index (χ4v) is 3.37. The van der Waals surface area contributed by atoms with Crippen LogP contribution >= 0.6 is 7.60 Å². The van der Waals surface area contributed by atoms with E-state index in [0.717, 1.165) is 38.5 Å². The van der Waals surface area contributed by atoms with Gasteiger partial charge in [0, 0.05) is 20.4 Å². The normalized spacial score (nSPS) is 13.0. The smallest absolute Gasteiger partial charge is 0.416 e. The van der Waals surface area contributed by atoms with Gasteiger partial charge in [-0.25, -0.2) is 4.79 Å². The summed E-state index contributed by atoms with van der Waals surface area (Å²) in [5.41, 5.74) is -0.712. The Labute approximate surface area is 158 Å². The molecule has 2 rings (SSSR count). The van der Waals surface area contributed by atoms with Crippen LogP contribution in [0.2, 0.25) is 0 Å². The van der Waals surface area contributed by atoms with Gasteiger partial charge in [-0.3, -0.25) is 9.55 Å². The molecular formula is C17H17F3NO6P. The molecule has 2 aromatic rings. The molecule has 0 saturated carbocycles.